The SMILES string of the molecule is Cc1ccc(SC2CC(C)CC(CO)O2)cc1. The number of aliphatic hydroxyl groups is 1. The normalized spacial score (nSPS) is 29.2. The lowest BCUT2D eigenvalue weighted by Crippen LogP contribution is -2.32. The van der Waals surface area contributed by atoms with Gasteiger partial charge in [0.15, 0.2) is 0 Å². The van der Waals surface area contributed by atoms with Gasteiger partial charge in [0.05, 0.1) is 12.7 Å². The minimum Gasteiger partial charge on any atom is -0.394 e. The second-order valence-electron chi connectivity index (χ2n) is 4.88. The number of aliphatic hydroxyl groups excluding tert-OH is 1. The Hall–Kier alpha value is -0.510. The van der Waals surface area contributed by atoms with Crippen LogP contribution in [0.15, 0.2) is 29.2 Å². The van der Waals surface area contributed by atoms with E-state index in [9.17, 15) is 5.11 Å². The van der Waals surface area contributed by atoms with E-state index in [1.54, 1.807) is 11.8 Å². The van der Waals surface area contributed by atoms with Crippen LogP contribution in [0.2, 0.25) is 0 Å². The fraction of sp³-hybridized carbons (Fsp3) is 0.571. The lowest BCUT2D eigenvalue weighted by atomic mass is 9.98. The predicted molar refractivity (Wildman–Crippen MR) is 71.2 cm³/mol. The van der Waals surface area contributed by atoms with Crippen LogP contribution < -0.4 is 0 Å². The van der Waals surface area contributed by atoms with E-state index < -0.39 is 0 Å². The number of rotatable bonds is 3. The summed E-state index contributed by atoms with van der Waals surface area (Å²) >= 11 is 1.76. The molecule has 1 heterocycles. The van der Waals surface area contributed by atoms with Crippen molar-refractivity contribution in [2.45, 2.75) is 43.1 Å². The summed E-state index contributed by atoms with van der Waals surface area (Å²) in [5, 5.41) is 9.19. The van der Waals surface area contributed by atoms with Gasteiger partial charge in [-0.05, 0) is 37.8 Å². The number of hydrogen-bond donors (Lipinski definition) is 1. The smallest absolute Gasteiger partial charge is 0.108 e. The first-order chi connectivity index (χ1) is 8.17. The van der Waals surface area contributed by atoms with Crippen molar-refractivity contribution >= 4 is 11.8 Å². The summed E-state index contributed by atoms with van der Waals surface area (Å²) in [6.45, 7) is 4.46. The Bertz CT molecular complexity index is 350. The molecule has 1 N–H and O–H groups in total. The number of hydrogen-bond acceptors (Lipinski definition) is 3. The Morgan fingerprint density at radius 1 is 1.29 bits per heavy atom. The largest absolute Gasteiger partial charge is 0.394 e. The maximum Gasteiger partial charge on any atom is 0.108 e. The van der Waals surface area contributed by atoms with Gasteiger partial charge in [0.2, 0.25) is 0 Å². The van der Waals surface area contributed by atoms with Gasteiger partial charge in [-0.3, -0.25) is 0 Å². The molecule has 0 radical (unpaired) electrons. The summed E-state index contributed by atoms with van der Waals surface area (Å²) in [4.78, 5) is 1.24. The molecule has 0 aromatic heterocycles. The molecule has 3 unspecified atom stereocenters. The lowest BCUT2D eigenvalue weighted by Gasteiger charge is -2.32. The van der Waals surface area contributed by atoms with Crippen molar-refractivity contribution in [3.8, 4) is 0 Å². The fourth-order valence-corrected chi connectivity index (χ4v) is 3.40. The van der Waals surface area contributed by atoms with Gasteiger partial charge in [0.25, 0.3) is 0 Å². The first-order valence-corrected chi connectivity index (χ1v) is 7.05. The predicted octanol–water partition coefficient (Wildman–Crippen LogP) is 3.22. The van der Waals surface area contributed by atoms with Gasteiger partial charge < -0.3 is 9.84 Å². The van der Waals surface area contributed by atoms with Crippen LogP contribution >= 0.6 is 11.8 Å². The molecule has 0 amide bonds. The van der Waals surface area contributed by atoms with Gasteiger partial charge in [-0.15, -0.1) is 0 Å². The third-order valence-electron chi connectivity index (χ3n) is 3.10. The second-order valence-corrected chi connectivity index (χ2v) is 6.11. The van der Waals surface area contributed by atoms with E-state index in [1.807, 2.05) is 0 Å². The third-order valence-corrected chi connectivity index (χ3v) is 4.21. The van der Waals surface area contributed by atoms with Crippen LogP contribution in [0.4, 0.5) is 0 Å². The van der Waals surface area contributed by atoms with Crippen molar-refractivity contribution in [3.05, 3.63) is 29.8 Å². The molecular weight excluding hydrogens is 232 g/mol. The monoisotopic (exact) mass is 252 g/mol. The van der Waals surface area contributed by atoms with E-state index in [-0.39, 0.29) is 18.1 Å². The summed E-state index contributed by atoms with van der Waals surface area (Å²) in [5.41, 5.74) is 1.46. The fourth-order valence-electron chi connectivity index (χ4n) is 2.16. The topological polar surface area (TPSA) is 29.5 Å². The van der Waals surface area contributed by atoms with E-state index in [2.05, 4.69) is 38.1 Å². The number of benzene rings is 1. The Kier molecular flexibility index (Phi) is 4.48. The molecular formula is C14H20O2S. The van der Waals surface area contributed by atoms with Crippen LogP contribution in [0.1, 0.15) is 25.3 Å². The standard InChI is InChI=1S/C14H20O2S/c1-10-3-5-13(6-4-10)17-14-8-11(2)7-12(9-15)16-14/h3-6,11-12,14-15H,7-9H2,1-2H3. The average molecular weight is 252 g/mol. The van der Waals surface area contributed by atoms with Crippen molar-refractivity contribution in [1.29, 1.82) is 0 Å². The molecule has 3 heteroatoms. The molecule has 0 bridgehead atoms. The first-order valence-electron chi connectivity index (χ1n) is 6.17. The maximum absolute atomic E-state index is 9.19. The molecule has 94 valence electrons. The van der Waals surface area contributed by atoms with E-state index in [1.165, 1.54) is 10.5 Å². The molecule has 1 fully saturated rings. The first kappa shape index (κ1) is 12.9. The van der Waals surface area contributed by atoms with Gasteiger partial charge in [-0.1, -0.05) is 36.4 Å². The van der Waals surface area contributed by atoms with Crippen molar-refractivity contribution in [3.63, 3.8) is 0 Å². The van der Waals surface area contributed by atoms with Crippen LogP contribution in [0, 0.1) is 12.8 Å². The van der Waals surface area contributed by atoms with Crippen LogP contribution in [0.5, 0.6) is 0 Å². The molecule has 3 atom stereocenters. The molecule has 0 aliphatic carbocycles. The Morgan fingerprint density at radius 2 is 2.00 bits per heavy atom. The summed E-state index contributed by atoms with van der Waals surface area (Å²) in [5.74, 6) is 0.629. The highest BCUT2D eigenvalue weighted by atomic mass is 32.2. The minimum atomic E-state index is 0.0155. The Balaban J connectivity index is 1.95. The zero-order chi connectivity index (χ0) is 12.3. The second kappa shape index (κ2) is 5.89. The average Bonchev–Trinajstić information content (AvgIpc) is 2.31. The van der Waals surface area contributed by atoms with E-state index in [0.717, 1.165) is 12.8 Å². The molecule has 2 nitrogen and oxygen atoms in total. The van der Waals surface area contributed by atoms with Gasteiger partial charge in [0, 0.05) is 4.90 Å². The molecule has 1 aromatic carbocycles. The summed E-state index contributed by atoms with van der Waals surface area (Å²) in [6.07, 6.45) is 2.05. The van der Waals surface area contributed by atoms with Crippen molar-refractivity contribution in [2.24, 2.45) is 5.92 Å². The van der Waals surface area contributed by atoms with Gasteiger partial charge in [0.1, 0.15) is 5.44 Å². The van der Waals surface area contributed by atoms with Crippen LogP contribution in [-0.4, -0.2) is 23.3 Å². The lowest BCUT2D eigenvalue weighted by molar-refractivity contribution is -0.0504. The quantitative estimate of drug-likeness (QED) is 0.895. The summed E-state index contributed by atoms with van der Waals surface area (Å²) in [6, 6.07) is 8.52. The highest BCUT2D eigenvalue weighted by Crippen LogP contribution is 2.34. The Labute approximate surface area is 107 Å². The van der Waals surface area contributed by atoms with E-state index in [0.29, 0.717) is 5.92 Å². The highest BCUT2D eigenvalue weighted by molar-refractivity contribution is 7.99. The minimum absolute atomic E-state index is 0.0155. The van der Waals surface area contributed by atoms with Crippen molar-refractivity contribution < 1.29 is 9.84 Å². The van der Waals surface area contributed by atoms with Crippen LogP contribution in [0.3, 0.4) is 0 Å². The zero-order valence-electron chi connectivity index (χ0n) is 10.4. The van der Waals surface area contributed by atoms with E-state index in [4.69, 9.17) is 4.74 Å². The van der Waals surface area contributed by atoms with Gasteiger partial charge >= 0.3 is 0 Å². The zero-order valence-corrected chi connectivity index (χ0v) is 11.2. The molecule has 0 spiro atoms. The van der Waals surface area contributed by atoms with Crippen LogP contribution in [-0.2, 0) is 4.74 Å². The number of aryl methyl sites for hydroxylation is 1. The summed E-state index contributed by atoms with van der Waals surface area (Å²) < 4.78 is 5.85. The number of ether oxygens (including phenoxy) is 1. The Morgan fingerprint density at radius 3 is 2.65 bits per heavy atom. The molecule has 1 aromatic rings. The summed E-state index contributed by atoms with van der Waals surface area (Å²) in [7, 11) is 0. The van der Waals surface area contributed by atoms with E-state index >= 15 is 0 Å². The molecule has 0 saturated carbocycles. The van der Waals surface area contributed by atoms with Gasteiger partial charge in [-0.2, -0.15) is 0 Å². The van der Waals surface area contributed by atoms with Gasteiger partial charge in [-0.25, -0.2) is 0 Å². The molecule has 17 heavy (non-hydrogen) atoms. The third kappa shape index (κ3) is 3.73. The van der Waals surface area contributed by atoms with Crippen molar-refractivity contribution in [1.82, 2.24) is 0 Å². The molecule has 2 rings (SSSR count). The molecule has 1 saturated heterocycles. The van der Waals surface area contributed by atoms with Crippen LogP contribution in [0.25, 0.3) is 0 Å². The maximum atomic E-state index is 9.19. The molecule has 1 aliphatic rings. The van der Waals surface area contributed by atoms with Crippen molar-refractivity contribution in [2.75, 3.05) is 6.61 Å². The highest BCUT2D eigenvalue weighted by Gasteiger charge is 2.27. The number of thioether (sulfide) groups is 1. The molecule has 1 aliphatic heterocycles.